The minimum absolute atomic E-state index is 0. The van der Waals surface area contributed by atoms with E-state index in [-0.39, 0.29) is 41.8 Å². The summed E-state index contributed by atoms with van der Waals surface area (Å²) in [6.45, 7) is 8.21. The fourth-order valence-corrected chi connectivity index (χ4v) is 3.89. The first-order valence-corrected chi connectivity index (χ1v) is 11.0. The molecule has 2 fully saturated rings. The van der Waals surface area contributed by atoms with E-state index < -0.39 is 0 Å². The molecule has 0 radical (unpaired) electrons. The van der Waals surface area contributed by atoms with E-state index in [1.54, 1.807) is 7.05 Å². The van der Waals surface area contributed by atoms with Crippen molar-refractivity contribution in [3.63, 3.8) is 0 Å². The van der Waals surface area contributed by atoms with Gasteiger partial charge in [0.2, 0.25) is 5.91 Å². The summed E-state index contributed by atoms with van der Waals surface area (Å²) in [4.78, 5) is 16.6. The van der Waals surface area contributed by atoms with Crippen LogP contribution in [0.5, 0.6) is 0 Å². The van der Waals surface area contributed by atoms with Gasteiger partial charge >= 0.3 is 0 Å². The lowest BCUT2D eigenvalue weighted by atomic mass is 9.85. The molecule has 29 heavy (non-hydrogen) atoms. The van der Waals surface area contributed by atoms with Gasteiger partial charge in [0.25, 0.3) is 0 Å². The van der Waals surface area contributed by atoms with Crippen LogP contribution in [0.2, 0.25) is 0 Å². The maximum absolute atomic E-state index is 12.3. The highest BCUT2D eigenvalue weighted by molar-refractivity contribution is 14.0. The molecule has 1 aliphatic heterocycles. The highest BCUT2D eigenvalue weighted by Crippen LogP contribution is 2.24. The minimum Gasteiger partial charge on any atom is -0.381 e. The van der Waals surface area contributed by atoms with E-state index in [0.717, 1.165) is 83.9 Å². The van der Waals surface area contributed by atoms with Gasteiger partial charge in [-0.25, -0.2) is 0 Å². The zero-order chi connectivity index (χ0) is 20.2. The van der Waals surface area contributed by atoms with Crippen molar-refractivity contribution in [3.8, 4) is 0 Å². The number of aliphatic imine (C=N–C) groups is 1. The van der Waals surface area contributed by atoms with Crippen LogP contribution < -0.4 is 16.0 Å². The fraction of sp³-hybridized carbons (Fsp3) is 0.905. The maximum atomic E-state index is 12.3. The predicted octanol–water partition coefficient (Wildman–Crippen LogP) is 2.69. The number of hydrogen-bond acceptors (Lipinski definition) is 4. The quantitative estimate of drug-likeness (QED) is 0.187. The molecule has 0 aromatic heterocycles. The molecular weight excluding hydrogens is 483 g/mol. The molecule has 2 atom stereocenters. The molecule has 0 spiro atoms. The first-order valence-electron chi connectivity index (χ1n) is 11.0. The van der Waals surface area contributed by atoms with E-state index >= 15 is 0 Å². The Morgan fingerprint density at radius 1 is 1.21 bits per heavy atom. The van der Waals surface area contributed by atoms with E-state index in [1.807, 2.05) is 13.8 Å². The molecule has 1 saturated carbocycles. The summed E-state index contributed by atoms with van der Waals surface area (Å²) in [6, 6.07) is 0.497. The number of nitrogens with one attached hydrogen (secondary N) is 3. The molecule has 0 aromatic carbocycles. The Morgan fingerprint density at radius 3 is 2.66 bits per heavy atom. The highest BCUT2D eigenvalue weighted by Gasteiger charge is 2.27. The van der Waals surface area contributed by atoms with Crippen molar-refractivity contribution in [1.82, 2.24) is 16.0 Å². The van der Waals surface area contributed by atoms with Gasteiger partial charge in [0.1, 0.15) is 0 Å². The Labute approximate surface area is 193 Å². The maximum Gasteiger partial charge on any atom is 0.223 e. The van der Waals surface area contributed by atoms with Crippen molar-refractivity contribution in [2.45, 2.75) is 70.9 Å². The standard InChI is InChI=1S/C21H40N4O3.HI/c1-16(2)24-20(26)18-6-4-7-19(14-18)25-21(22-3)23-10-5-11-28-15-17-8-12-27-13-9-17;/h16-19H,4-15H2,1-3H3,(H,24,26)(H2,22,23,25);1H. The molecule has 3 N–H and O–H groups in total. The summed E-state index contributed by atoms with van der Waals surface area (Å²) in [6.07, 6.45) is 7.19. The van der Waals surface area contributed by atoms with Crippen LogP contribution in [-0.4, -0.2) is 64.0 Å². The first-order chi connectivity index (χ1) is 13.6. The molecule has 7 nitrogen and oxygen atoms in total. The van der Waals surface area contributed by atoms with Crippen LogP contribution in [0, 0.1) is 11.8 Å². The number of guanidine groups is 1. The molecule has 1 aliphatic carbocycles. The second kappa shape index (κ2) is 15.2. The van der Waals surface area contributed by atoms with Crippen LogP contribution in [0.3, 0.4) is 0 Å². The molecule has 1 heterocycles. The van der Waals surface area contributed by atoms with Crippen molar-refractivity contribution < 1.29 is 14.3 Å². The van der Waals surface area contributed by atoms with Crippen LogP contribution in [-0.2, 0) is 14.3 Å². The molecule has 2 unspecified atom stereocenters. The Morgan fingerprint density at radius 2 is 1.97 bits per heavy atom. The smallest absolute Gasteiger partial charge is 0.223 e. The largest absolute Gasteiger partial charge is 0.381 e. The van der Waals surface area contributed by atoms with Gasteiger partial charge in [-0.05, 0) is 58.3 Å². The number of carbonyl (C=O) groups is 1. The average Bonchev–Trinajstić information content (AvgIpc) is 2.70. The number of nitrogens with zero attached hydrogens (tertiary/aromatic N) is 1. The van der Waals surface area contributed by atoms with Crippen LogP contribution in [0.4, 0.5) is 0 Å². The number of ether oxygens (including phenoxy) is 2. The van der Waals surface area contributed by atoms with Crippen molar-refractivity contribution in [3.05, 3.63) is 0 Å². The van der Waals surface area contributed by atoms with E-state index in [1.165, 1.54) is 0 Å². The lowest BCUT2D eigenvalue weighted by Crippen LogP contribution is -2.47. The summed E-state index contributed by atoms with van der Waals surface area (Å²) in [5, 5.41) is 9.90. The summed E-state index contributed by atoms with van der Waals surface area (Å²) < 4.78 is 11.2. The van der Waals surface area contributed by atoms with Crippen LogP contribution >= 0.6 is 24.0 Å². The van der Waals surface area contributed by atoms with E-state index in [4.69, 9.17) is 9.47 Å². The van der Waals surface area contributed by atoms with Crippen molar-refractivity contribution in [1.29, 1.82) is 0 Å². The summed E-state index contributed by atoms with van der Waals surface area (Å²) >= 11 is 0. The van der Waals surface area contributed by atoms with Gasteiger partial charge in [-0.2, -0.15) is 0 Å². The Bertz CT molecular complexity index is 485. The number of halogens is 1. The van der Waals surface area contributed by atoms with Gasteiger partial charge < -0.3 is 25.4 Å². The van der Waals surface area contributed by atoms with Crippen molar-refractivity contribution >= 4 is 35.8 Å². The van der Waals surface area contributed by atoms with Crippen LogP contribution in [0.15, 0.2) is 4.99 Å². The molecule has 1 saturated heterocycles. The third kappa shape index (κ3) is 10.8. The zero-order valence-electron chi connectivity index (χ0n) is 18.4. The van der Waals surface area contributed by atoms with Crippen LogP contribution in [0.1, 0.15) is 58.8 Å². The second-order valence-corrected chi connectivity index (χ2v) is 8.35. The molecule has 8 heteroatoms. The minimum atomic E-state index is 0. The Kier molecular flexibility index (Phi) is 13.9. The predicted molar refractivity (Wildman–Crippen MR) is 128 cm³/mol. The van der Waals surface area contributed by atoms with Crippen LogP contribution in [0.25, 0.3) is 0 Å². The second-order valence-electron chi connectivity index (χ2n) is 8.35. The first kappa shape index (κ1) is 26.4. The molecular formula is C21H41IN4O3. The number of hydrogen-bond donors (Lipinski definition) is 3. The molecule has 0 aromatic rings. The van der Waals surface area contributed by atoms with E-state index in [2.05, 4.69) is 20.9 Å². The highest BCUT2D eigenvalue weighted by atomic mass is 127. The van der Waals surface area contributed by atoms with Crippen molar-refractivity contribution in [2.24, 2.45) is 16.8 Å². The van der Waals surface area contributed by atoms with Gasteiger partial charge in [-0.3, -0.25) is 9.79 Å². The molecule has 2 aliphatic rings. The van der Waals surface area contributed by atoms with Gasteiger partial charge in [0, 0.05) is 58.0 Å². The zero-order valence-corrected chi connectivity index (χ0v) is 20.7. The van der Waals surface area contributed by atoms with E-state index in [9.17, 15) is 4.79 Å². The summed E-state index contributed by atoms with van der Waals surface area (Å²) in [7, 11) is 1.79. The number of amides is 1. The molecule has 1 amide bonds. The molecule has 170 valence electrons. The van der Waals surface area contributed by atoms with Gasteiger partial charge in [-0.15, -0.1) is 24.0 Å². The summed E-state index contributed by atoms with van der Waals surface area (Å²) in [5.41, 5.74) is 0. The lowest BCUT2D eigenvalue weighted by molar-refractivity contribution is -0.126. The van der Waals surface area contributed by atoms with Gasteiger partial charge in [0.05, 0.1) is 0 Å². The summed E-state index contributed by atoms with van der Waals surface area (Å²) in [5.74, 6) is 1.76. The third-order valence-electron chi connectivity index (χ3n) is 5.49. The normalized spacial score (nSPS) is 23.4. The SMILES string of the molecule is CN=C(NCCCOCC1CCOCC1)NC1CCCC(C(=O)NC(C)C)C1.I. The Hall–Kier alpha value is -0.610. The van der Waals surface area contributed by atoms with Gasteiger partial charge in [0.15, 0.2) is 5.96 Å². The van der Waals surface area contributed by atoms with Crippen molar-refractivity contribution in [2.75, 3.05) is 40.0 Å². The number of rotatable bonds is 9. The number of carbonyl (C=O) groups excluding carboxylic acids is 1. The Balaban J connectivity index is 0.00000420. The average molecular weight is 524 g/mol. The third-order valence-corrected chi connectivity index (χ3v) is 5.49. The van der Waals surface area contributed by atoms with Gasteiger partial charge in [-0.1, -0.05) is 6.42 Å². The lowest BCUT2D eigenvalue weighted by Gasteiger charge is -2.30. The fourth-order valence-electron chi connectivity index (χ4n) is 3.89. The molecule has 0 bridgehead atoms. The molecule has 2 rings (SSSR count). The monoisotopic (exact) mass is 524 g/mol. The van der Waals surface area contributed by atoms with E-state index in [0.29, 0.717) is 12.0 Å². The topological polar surface area (TPSA) is 84.0 Å².